The Kier molecular flexibility index (Phi) is 6.59. The van der Waals surface area contributed by atoms with Crippen molar-refractivity contribution in [1.82, 2.24) is 4.90 Å². The van der Waals surface area contributed by atoms with Gasteiger partial charge in [0.25, 0.3) is 5.91 Å². The molecule has 9 heteroatoms. The number of aryl methyl sites for hydroxylation is 1. The van der Waals surface area contributed by atoms with Gasteiger partial charge in [-0.15, -0.1) is 11.3 Å². The number of thiophene rings is 1. The van der Waals surface area contributed by atoms with E-state index in [2.05, 4.69) is 0 Å². The summed E-state index contributed by atoms with van der Waals surface area (Å²) in [6.07, 6.45) is -0.380. The van der Waals surface area contributed by atoms with E-state index in [0.29, 0.717) is 28.8 Å². The highest BCUT2D eigenvalue weighted by molar-refractivity contribution is 7.91. The lowest BCUT2D eigenvalue weighted by Crippen LogP contribution is -2.46. The Morgan fingerprint density at radius 1 is 1.36 bits per heavy atom. The van der Waals surface area contributed by atoms with Gasteiger partial charge in [0.1, 0.15) is 5.75 Å². The first kappa shape index (κ1) is 21.4. The van der Waals surface area contributed by atoms with Crippen LogP contribution in [0.1, 0.15) is 23.8 Å². The second-order valence-electron chi connectivity index (χ2n) is 6.88. The third-order valence-electron chi connectivity index (χ3n) is 4.76. The fraction of sp³-hybridized carbons (Fsp3) is 0.421. The van der Waals surface area contributed by atoms with Crippen molar-refractivity contribution in [2.24, 2.45) is 0 Å². The molecule has 5 nitrogen and oxygen atoms in total. The zero-order chi connectivity index (χ0) is 20.5. The number of halogens is 2. The highest BCUT2D eigenvalue weighted by atomic mass is 35.5. The summed E-state index contributed by atoms with van der Waals surface area (Å²) in [5, 5.41) is 2.75. The van der Waals surface area contributed by atoms with E-state index in [1.807, 2.05) is 18.4 Å². The van der Waals surface area contributed by atoms with Crippen LogP contribution in [-0.4, -0.2) is 42.9 Å². The standard InChI is InChI=1S/C19H21Cl2NO4S2/c1-12-5-7-27-18(12)10-22(15-6-8-28(24,25)11-15)19(23)13(2)26-17-4-3-14(20)9-16(17)21/h3-5,7,9,13,15H,6,8,10-11H2,1-2H3/t13-,15+/m1/s1. The zero-order valence-electron chi connectivity index (χ0n) is 15.5. The number of amides is 1. The number of benzene rings is 1. The Bertz CT molecular complexity index is 974. The first-order valence-corrected chi connectivity index (χ1v) is 12.3. The van der Waals surface area contributed by atoms with Crippen molar-refractivity contribution < 1.29 is 17.9 Å². The molecule has 0 bridgehead atoms. The number of hydrogen-bond acceptors (Lipinski definition) is 5. The van der Waals surface area contributed by atoms with Gasteiger partial charge in [-0.05, 0) is 55.5 Å². The molecule has 0 N–H and O–H groups in total. The summed E-state index contributed by atoms with van der Waals surface area (Å²) in [6, 6.07) is 6.43. The Hall–Kier alpha value is -1.28. The van der Waals surface area contributed by atoms with E-state index in [9.17, 15) is 13.2 Å². The number of carbonyl (C=O) groups is 1. The van der Waals surface area contributed by atoms with Crippen LogP contribution in [0.4, 0.5) is 0 Å². The third-order valence-corrected chi connectivity index (χ3v) is 8.05. The van der Waals surface area contributed by atoms with Crippen LogP contribution in [0.2, 0.25) is 10.0 Å². The van der Waals surface area contributed by atoms with Gasteiger partial charge < -0.3 is 9.64 Å². The van der Waals surface area contributed by atoms with Gasteiger partial charge in [-0.3, -0.25) is 4.79 Å². The number of ether oxygens (including phenoxy) is 1. The van der Waals surface area contributed by atoms with E-state index in [1.165, 1.54) is 0 Å². The molecule has 1 amide bonds. The molecule has 0 spiro atoms. The van der Waals surface area contributed by atoms with Crippen LogP contribution in [0, 0.1) is 6.92 Å². The largest absolute Gasteiger partial charge is 0.479 e. The molecule has 2 atom stereocenters. The highest BCUT2D eigenvalue weighted by Gasteiger charge is 2.37. The molecule has 0 radical (unpaired) electrons. The molecule has 1 aliphatic heterocycles. The third kappa shape index (κ3) is 5.00. The van der Waals surface area contributed by atoms with Crippen LogP contribution in [-0.2, 0) is 21.2 Å². The first-order valence-electron chi connectivity index (χ1n) is 8.82. The summed E-state index contributed by atoms with van der Waals surface area (Å²) in [5.41, 5.74) is 1.08. The maximum atomic E-state index is 13.2. The SMILES string of the molecule is Cc1ccsc1CN(C(=O)[C@@H](C)Oc1ccc(Cl)cc1Cl)[C@H]1CCS(=O)(=O)C1. The molecule has 152 valence electrons. The zero-order valence-corrected chi connectivity index (χ0v) is 18.7. The summed E-state index contributed by atoms with van der Waals surface area (Å²) >= 11 is 13.6. The van der Waals surface area contributed by atoms with Crippen molar-refractivity contribution in [2.45, 2.75) is 39.0 Å². The summed E-state index contributed by atoms with van der Waals surface area (Å²) in [5.74, 6) is 0.180. The van der Waals surface area contributed by atoms with Crippen molar-refractivity contribution in [1.29, 1.82) is 0 Å². The average molecular weight is 462 g/mol. The minimum absolute atomic E-state index is 0.0163. The molecule has 0 unspecified atom stereocenters. The summed E-state index contributed by atoms with van der Waals surface area (Å²) < 4.78 is 29.7. The van der Waals surface area contributed by atoms with E-state index in [-0.39, 0.29) is 23.5 Å². The number of nitrogens with zero attached hydrogens (tertiary/aromatic N) is 1. The molecule has 28 heavy (non-hydrogen) atoms. The monoisotopic (exact) mass is 461 g/mol. The van der Waals surface area contributed by atoms with Crippen molar-refractivity contribution in [3.63, 3.8) is 0 Å². The molecular weight excluding hydrogens is 441 g/mol. The van der Waals surface area contributed by atoms with Gasteiger partial charge in [-0.2, -0.15) is 0 Å². The fourth-order valence-corrected chi connectivity index (χ4v) is 6.26. The highest BCUT2D eigenvalue weighted by Crippen LogP contribution is 2.30. The van der Waals surface area contributed by atoms with Crippen LogP contribution in [0.3, 0.4) is 0 Å². The van der Waals surface area contributed by atoms with Gasteiger partial charge in [0.05, 0.1) is 23.1 Å². The van der Waals surface area contributed by atoms with E-state index in [0.717, 1.165) is 10.4 Å². The molecule has 1 saturated heterocycles. The van der Waals surface area contributed by atoms with Crippen molar-refractivity contribution >= 4 is 50.3 Å². The van der Waals surface area contributed by atoms with E-state index < -0.39 is 15.9 Å². The van der Waals surface area contributed by atoms with Crippen molar-refractivity contribution in [3.05, 3.63) is 50.1 Å². The fourth-order valence-electron chi connectivity index (χ4n) is 3.17. The average Bonchev–Trinajstić information content (AvgIpc) is 3.19. The normalized spacial score (nSPS) is 19.4. The second-order valence-corrected chi connectivity index (χ2v) is 11.0. The summed E-state index contributed by atoms with van der Waals surface area (Å²) in [4.78, 5) is 15.9. The molecule has 0 saturated carbocycles. The first-order chi connectivity index (χ1) is 13.2. The van der Waals surface area contributed by atoms with E-state index >= 15 is 0 Å². The molecule has 0 aliphatic carbocycles. The van der Waals surface area contributed by atoms with Gasteiger partial charge in [0.2, 0.25) is 0 Å². The predicted octanol–water partition coefficient (Wildman–Crippen LogP) is 4.35. The van der Waals surface area contributed by atoms with Gasteiger partial charge in [-0.25, -0.2) is 8.42 Å². The van der Waals surface area contributed by atoms with Crippen LogP contribution >= 0.6 is 34.5 Å². The molecule has 3 rings (SSSR count). The number of hydrogen-bond donors (Lipinski definition) is 0. The van der Waals surface area contributed by atoms with Crippen LogP contribution in [0.25, 0.3) is 0 Å². The van der Waals surface area contributed by atoms with Gasteiger partial charge in [0.15, 0.2) is 15.9 Å². The Balaban J connectivity index is 1.81. The minimum atomic E-state index is -3.13. The van der Waals surface area contributed by atoms with E-state index in [1.54, 1.807) is 41.4 Å². The molecule has 1 aliphatic rings. The number of rotatable bonds is 6. The molecular formula is C19H21Cl2NO4S2. The number of sulfone groups is 1. The quantitative estimate of drug-likeness (QED) is 0.641. The second kappa shape index (κ2) is 8.61. The predicted molar refractivity (Wildman–Crippen MR) is 113 cm³/mol. The van der Waals surface area contributed by atoms with E-state index in [4.69, 9.17) is 27.9 Å². The summed E-state index contributed by atoms with van der Waals surface area (Å²) in [6.45, 7) is 3.99. The van der Waals surface area contributed by atoms with Crippen LogP contribution < -0.4 is 4.74 Å². The Morgan fingerprint density at radius 2 is 2.11 bits per heavy atom. The number of carbonyl (C=O) groups excluding carboxylic acids is 1. The topological polar surface area (TPSA) is 63.7 Å². The summed E-state index contributed by atoms with van der Waals surface area (Å²) in [7, 11) is -3.13. The van der Waals surface area contributed by atoms with Crippen molar-refractivity contribution in [2.75, 3.05) is 11.5 Å². The smallest absolute Gasteiger partial charge is 0.263 e. The van der Waals surface area contributed by atoms with Gasteiger partial charge in [-0.1, -0.05) is 23.2 Å². The molecule has 2 aromatic rings. The van der Waals surface area contributed by atoms with Crippen molar-refractivity contribution in [3.8, 4) is 5.75 Å². The molecule has 2 heterocycles. The molecule has 1 aromatic carbocycles. The van der Waals surface area contributed by atoms with Gasteiger partial charge in [0, 0.05) is 15.9 Å². The van der Waals surface area contributed by atoms with Crippen LogP contribution in [0.5, 0.6) is 5.75 Å². The Labute approximate surface area is 179 Å². The lowest BCUT2D eigenvalue weighted by molar-refractivity contribution is -0.140. The van der Waals surface area contributed by atoms with Gasteiger partial charge >= 0.3 is 0 Å². The molecule has 1 aromatic heterocycles. The lowest BCUT2D eigenvalue weighted by atomic mass is 10.1. The minimum Gasteiger partial charge on any atom is -0.479 e. The maximum Gasteiger partial charge on any atom is 0.263 e. The van der Waals surface area contributed by atoms with Crippen LogP contribution in [0.15, 0.2) is 29.6 Å². The maximum absolute atomic E-state index is 13.2. The lowest BCUT2D eigenvalue weighted by Gasteiger charge is -2.31. The Morgan fingerprint density at radius 3 is 2.68 bits per heavy atom. The molecule has 1 fully saturated rings.